The van der Waals surface area contributed by atoms with Gasteiger partial charge in [0.05, 0.1) is 0 Å². The maximum atomic E-state index is 13.4. The van der Waals surface area contributed by atoms with Crippen LogP contribution in [0.15, 0.2) is 27.8 Å². The summed E-state index contributed by atoms with van der Waals surface area (Å²) in [6.45, 7) is 1.13. The number of halogens is 1. The molecule has 6 heteroatoms. The minimum absolute atomic E-state index is 0.0100. The zero-order valence-electron chi connectivity index (χ0n) is 11.3. The standard InChI is InChI=1S/C15H15FN2O3/c16-10-4-9(5-11(19)6-10)8-2-1-3-18(7-8)13-12(17)14(20)15(13)21/h4-6,8,19H,1-3,7,17H2. The number of anilines is 2. The first-order chi connectivity index (χ1) is 9.97. The van der Waals surface area contributed by atoms with Gasteiger partial charge in [0.25, 0.3) is 10.9 Å². The molecule has 0 saturated carbocycles. The Morgan fingerprint density at radius 2 is 2.00 bits per heavy atom. The SMILES string of the molecule is Nc1c(N2CCCC(c3cc(O)cc(F)c3)C2)c(=O)c1=O. The fourth-order valence-corrected chi connectivity index (χ4v) is 3.00. The minimum atomic E-state index is -0.629. The number of nitrogens with zero attached hydrogens (tertiary/aromatic N) is 1. The van der Waals surface area contributed by atoms with Gasteiger partial charge in [-0.25, -0.2) is 4.39 Å². The van der Waals surface area contributed by atoms with Crippen LogP contribution in [0.1, 0.15) is 24.3 Å². The molecule has 5 nitrogen and oxygen atoms in total. The van der Waals surface area contributed by atoms with Crippen LogP contribution in [0.2, 0.25) is 0 Å². The molecule has 1 fully saturated rings. The number of hydrogen-bond donors (Lipinski definition) is 2. The van der Waals surface area contributed by atoms with E-state index in [1.165, 1.54) is 12.1 Å². The molecule has 0 amide bonds. The number of nitrogen functional groups attached to an aromatic ring is 1. The quantitative estimate of drug-likeness (QED) is 0.809. The summed E-state index contributed by atoms with van der Waals surface area (Å²) in [6.07, 6.45) is 1.63. The number of benzene rings is 1. The fourth-order valence-electron chi connectivity index (χ4n) is 3.00. The van der Waals surface area contributed by atoms with Gasteiger partial charge in [0, 0.05) is 25.1 Å². The molecule has 3 rings (SSSR count). The molecule has 3 N–H and O–H groups in total. The van der Waals surface area contributed by atoms with E-state index in [0.717, 1.165) is 18.9 Å². The van der Waals surface area contributed by atoms with Gasteiger partial charge < -0.3 is 15.7 Å². The zero-order valence-corrected chi connectivity index (χ0v) is 11.3. The van der Waals surface area contributed by atoms with Gasteiger partial charge in [-0.1, -0.05) is 0 Å². The van der Waals surface area contributed by atoms with Gasteiger partial charge in [0.15, 0.2) is 0 Å². The molecule has 1 heterocycles. The van der Waals surface area contributed by atoms with Crippen LogP contribution >= 0.6 is 0 Å². The highest BCUT2D eigenvalue weighted by Gasteiger charge is 2.29. The number of rotatable bonds is 2. The third-order valence-electron chi connectivity index (χ3n) is 4.03. The predicted molar refractivity (Wildman–Crippen MR) is 78.0 cm³/mol. The van der Waals surface area contributed by atoms with Crippen molar-refractivity contribution in [3.63, 3.8) is 0 Å². The van der Waals surface area contributed by atoms with Gasteiger partial charge in [0.2, 0.25) is 0 Å². The van der Waals surface area contributed by atoms with Crippen LogP contribution in [-0.2, 0) is 0 Å². The van der Waals surface area contributed by atoms with Crippen molar-refractivity contribution in [2.45, 2.75) is 18.8 Å². The molecule has 0 spiro atoms. The molecule has 0 aromatic heterocycles. The molecule has 2 aromatic rings. The van der Waals surface area contributed by atoms with Crippen LogP contribution in [0.5, 0.6) is 5.75 Å². The van der Waals surface area contributed by atoms with E-state index in [1.807, 2.05) is 0 Å². The second kappa shape index (κ2) is 4.87. The average molecular weight is 290 g/mol. The highest BCUT2D eigenvalue weighted by Crippen LogP contribution is 2.32. The Hall–Kier alpha value is -2.37. The summed E-state index contributed by atoms with van der Waals surface area (Å²) in [6, 6.07) is 3.97. The summed E-state index contributed by atoms with van der Waals surface area (Å²) in [7, 11) is 0. The number of phenolic OH excluding ortho intramolecular Hbond substituents is 1. The zero-order chi connectivity index (χ0) is 15.1. The van der Waals surface area contributed by atoms with E-state index in [1.54, 1.807) is 4.90 Å². The molecular formula is C15H15FN2O3. The monoisotopic (exact) mass is 290 g/mol. The lowest BCUT2D eigenvalue weighted by Crippen LogP contribution is -2.45. The number of phenols is 1. The van der Waals surface area contributed by atoms with Crippen LogP contribution in [0.25, 0.3) is 0 Å². The Kier molecular flexibility index (Phi) is 3.16. The molecule has 0 radical (unpaired) electrons. The lowest BCUT2D eigenvalue weighted by atomic mass is 9.89. The summed E-state index contributed by atoms with van der Waals surface area (Å²) >= 11 is 0. The van der Waals surface area contributed by atoms with Crippen LogP contribution in [0, 0.1) is 5.82 Å². The smallest absolute Gasteiger partial charge is 0.253 e. The minimum Gasteiger partial charge on any atom is -0.508 e. The van der Waals surface area contributed by atoms with Gasteiger partial charge in [0.1, 0.15) is 22.9 Å². The Bertz CT molecular complexity index is 744. The van der Waals surface area contributed by atoms with Crippen molar-refractivity contribution in [1.29, 1.82) is 0 Å². The van der Waals surface area contributed by atoms with Crippen molar-refractivity contribution >= 4 is 11.4 Å². The highest BCUT2D eigenvalue weighted by atomic mass is 19.1. The van der Waals surface area contributed by atoms with Crippen LogP contribution < -0.4 is 21.5 Å². The first-order valence-corrected chi connectivity index (χ1v) is 6.80. The van der Waals surface area contributed by atoms with Crippen molar-refractivity contribution in [3.8, 4) is 5.75 Å². The van der Waals surface area contributed by atoms with Gasteiger partial charge in [-0.15, -0.1) is 0 Å². The third kappa shape index (κ3) is 2.26. The Balaban J connectivity index is 1.86. The number of aromatic hydroxyl groups is 1. The summed E-state index contributed by atoms with van der Waals surface area (Å²) < 4.78 is 13.4. The Morgan fingerprint density at radius 3 is 2.67 bits per heavy atom. The number of hydrogen-bond acceptors (Lipinski definition) is 5. The van der Waals surface area contributed by atoms with E-state index in [9.17, 15) is 19.1 Å². The molecular weight excluding hydrogens is 275 g/mol. The van der Waals surface area contributed by atoms with Gasteiger partial charge in [-0.3, -0.25) is 9.59 Å². The Labute approximate surface area is 120 Å². The van der Waals surface area contributed by atoms with Crippen molar-refractivity contribution in [3.05, 3.63) is 50.0 Å². The topological polar surface area (TPSA) is 83.6 Å². The maximum Gasteiger partial charge on any atom is 0.253 e. The van der Waals surface area contributed by atoms with Crippen LogP contribution in [-0.4, -0.2) is 18.2 Å². The molecule has 1 unspecified atom stereocenters. The van der Waals surface area contributed by atoms with E-state index in [4.69, 9.17) is 5.73 Å². The summed E-state index contributed by atoms with van der Waals surface area (Å²) in [4.78, 5) is 24.6. The normalized spacial score (nSPS) is 19.1. The Morgan fingerprint density at radius 1 is 1.24 bits per heavy atom. The molecule has 0 aliphatic carbocycles. The summed E-state index contributed by atoms with van der Waals surface area (Å²) in [5.74, 6) is -0.615. The average Bonchev–Trinajstić information content (AvgIpc) is 2.46. The van der Waals surface area contributed by atoms with Gasteiger partial charge in [-0.2, -0.15) is 0 Å². The van der Waals surface area contributed by atoms with E-state index < -0.39 is 16.7 Å². The second-order valence-corrected chi connectivity index (χ2v) is 5.45. The first kappa shape index (κ1) is 13.6. The van der Waals surface area contributed by atoms with Crippen molar-refractivity contribution in [2.75, 3.05) is 23.7 Å². The van der Waals surface area contributed by atoms with Crippen molar-refractivity contribution in [1.82, 2.24) is 0 Å². The molecule has 1 aliphatic heterocycles. The molecule has 110 valence electrons. The summed E-state index contributed by atoms with van der Waals surface area (Å²) in [5.41, 5.74) is 5.40. The molecule has 1 aliphatic rings. The lowest BCUT2D eigenvalue weighted by molar-refractivity contribution is 0.461. The van der Waals surface area contributed by atoms with E-state index in [0.29, 0.717) is 18.7 Å². The number of nitrogens with two attached hydrogens (primary N) is 1. The third-order valence-corrected chi connectivity index (χ3v) is 4.03. The lowest BCUT2D eigenvalue weighted by Gasteiger charge is -2.35. The van der Waals surface area contributed by atoms with E-state index in [2.05, 4.69) is 0 Å². The molecule has 1 atom stereocenters. The molecule has 0 bridgehead atoms. The second-order valence-electron chi connectivity index (χ2n) is 5.45. The summed E-state index contributed by atoms with van der Waals surface area (Å²) in [5, 5.41) is 9.49. The molecule has 2 aromatic carbocycles. The van der Waals surface area contributed by atoms with Crippen molar-refractivity contribution in [2.24, 2.45) is 0 Å². The van der Waals surface area contributed by atoms with Crippen LogP contribution in [0.4, 0.5) is 15.8 Å². The predicted octanol–water partition coefficient (Wildman–Crippen LogP) is 1.09. The van der Waals surface area contributed by atoms with E-state index in [-0.39, 0.29) is 23.0 Å². The van der Waals surface area contributed by atoms with Gasteiger partial charge >= 0.3 is 0 Å². The van der Waals surface area contributed by atoms with Crippen LogP contribution in [0.3, 0.4) is 0 Å². The van der Waals surface area contributed by atoms with Gasteiger partial charge in [-0.05, 0) is 30.5 Å². The molecule has 21 heavy (non-hydrogen) atoms. The first-order valence-electron chi connectivity index (χ1n) is 6.80. The highest BCUT2D eigenvalue weighted by molar-refractivity contribution is 5.72. The number of piperidine rings is 1. The molecule has 1 saturated heterocycles. The fraction of sp³-hybridized carbons (Fsp3) is 0.333. The largest absolute Gasteiger partial charge is 0.508 e. The van der Waals surface area contributed by atoms with Crippen molar-refractivity contribution < 1.29 is 9.50 Å². The van der Waals surface area contributed by atoms with E-state index >= 15 is 0 Å². The maximum absolute atomic E-state index is 13.4.